The van der Waals surface area contributed by atoms with Crippen LogP contribution in [0.1, 0.15) is 40.6 Å². The first kappa shape index (κ1) is 27.9. The number of aryl methyl sites for hydroxylation is 2. The second-order valence-corrected chi connectivity index (χ2v) is 12.3. The van der Waals surface area contributed by atoms with Gasteiger partial charge in [-0.1, -0.05) is 17.7 Å². The van der Waals surface area contributed by atoms with Gasteiger partial charge in [-0.15, -0.1) is 0 Å². The summed E-state index contributed by atoms with van der Waals surface area (Å²) in [5, 5.41) is 4.33. The number of nitrogens with zero attached hydrogens (tertiary/aromatic N) is 5. The maximum Gasteiger partial charge on any atom is 0.274 e. The Morgan fingerprint density at radius 2 is 1.93 bits per heavy atom. The normalized spacial score (nSPS) is 17.1. The fourth-order valence-electron chi connectivity index (χ4n) is 5.03. The molecule has 0 amide bonds. The number of halogens is 3. The molecule has 1 aromatic carbocycles. The van der Waals surface area contributed by atoms with Crippen LogP contribution in [0.2, 0.25) is 5.02 Å². The lowest BCUT2D eigenvalue weighted by molar-refractivity contribution is 0.569. The van der Waals surface area contributed by atoms with Gasteiger partial charge in [0, 0.05) is 43.2 Å². The lowest BCUT2D eigenvalue weighted by atomic mass is 10.0. The molecular formula is C28H26ClF2N5O3S. The third-order valence-corrected chi connectivity index (χ3v) is 8.60. The van der Waals surface area contributed by atoms with Crippen molar-refractivity contribution < 1.29 is 17.2 Å². The average Bonchev–Trinajstić information content (AvgIpc) is 3.55. The molecule has 208 valence electrons. The standard InChI is InChI=1S/C28H26ClF2N5O3S/c1-15-12-33-26(18-6-5-7-22(24(18)30)40(4,38)39)25(31)27(15)36-16(2)10-21(23(29)28(36)37)20-11-19(20)17-13-34-35(14-17)9-8-32-3/h5-8,10,12-14,19-20H,9,11H2,1-4H3/t19-,20+/m1/s1. The number of aromatic nitrogens is 4. The van der Waals surface area contributed by atoms with Crippen LogP contribution in [0.4, 0.5) is 8.78 Å². The molecule has 1 aliphatic carbocycles. The second-order valence-electron chi connectivity index (χ2n) is 9.92. The summed E-state index contributed by atoms with van der Waals surface area (Å²) in [5.74, 6) is -1.92. The van der Waals surface area contributed by atoms with Crippen LogP contribution in [0.3, 0.4) is 0 Å². The molecule has 0 unspecified atom stereocenters. The predicted octanol–water partition coefficient (Wildman–Crippen LogP) is 5.02. The Balaban J connectivity index is 1.56. The van der Waals surface area contributed by atoms with Gasteiger partial charge in [0.1, 0.15) is 15.6 Å². The van der Waals surface area contributed by atoms with Gasteiger partial charge in [0.15, 0.2) is 21.5 Å². The van der Waals surface area contributed by atoms with E-state index in [1.807, 2.05) is 6.20 Å². The van der Waals surface area contributed by atoms with E-state index in [0.29, 0.717) is 23.4 Å². The van der Waals surface area contributed by atoms with Crippen molar-refractivity contribution in [2.24, 2.45) is 4.99 Å². The highest BCUT2D eigenvalue weighted by Crippen LogP contribution is 2.55. The van der Waals surface area contributed by atoms with Gasteiger partial charge in [-0.2, -0.15) is 5.10 Å². The van der Waals surface area contributed by atoms with E-state index in [2.05, 4.69) is 15.1 Å². The Hall–Kier alpha value is -3.70. The molecule has 0 aliphatic heterocycles. The first-order valence-electron chi connectivity index (χ1n) is 12.4. The number of pyridine rings is 2. The molecule has 3 heterocycles. The molecular weight excluding hydrogens is 560 g/mol. The van der Waals surface area contributed by atoms with Crippen LogP contribution in [-0.2, 0) is 16.4 Å². The lowest BCUT2D eigenvalue weighted by Crippen LogP contribution is -2.24. The summed E-state index contributed by atoms with van der Waals surface area (Å²) in [5.41, 5.74) is 0.984. The molecule has 0 radical (unpaired) electrons. The molecule has 5 rings (SSSR count). The quantitative estimate of drug-likeness (QED) is 0.284. The third kappa shape index (κ3) is 4.88. The van der Waals surface area contributed by atoms with E-state index in [1.54, 1.807) is 44.1 Å². The molecule has 1 saturated carbocycles. The first-order valence-corrected chi connectivity index (χ1v) is 14.7. The molecule has 1 aliphatic rings. The van der Waals surface area contributed by atoms with Crippen molar-refractivity contribution in [3.63, 3.8) is 0 Å². The van der Waals surface area contributed by atoms with Gasteiger partial charge in [0.2, 0.25) is 0 Å². The Labute approximate surface area is 234 Å². The van der Waals surface area contributed by atoms with Gasteiger partial charge in [0.05, 0.1) is 18.4 Å². The molecule has 0 N–H and O–H groups in total. The summed E-state index contributed by atoms with van der Waals surface area (Å²) in [6, 6.07) is 5.42. The topological polar surface area (TPSA) is 99.2 Å². The highest BCUT2D eigenvalue weighted by atomic mass is 35.5. The van der Waals surface area contributed by atoms with E-state index in [0.717, 1.165) is 28.9 Å². The summed E-state index contributed by atoms with van der Waals surface area (Å²) >= 11 is 6.60. The minimum Gasteiger partial charge on any atom is -0.299 e. The molecule has 0 bridgehead atoms. The Bertz CT molecular complexity index is 1850. The zero-order valence-corrected chi connectivity index (χ0v) is 23.8. The van der Waals surface area contributed by atoms with Crippen molar-refractivity contribution >= 4 is 27.7 Å². The van der Waals surface area contributed by atoms with E-state index in [4.69, 9.17) is 11.6 Å². The zero-order valence-electron chi connectivity index (χ0n) is 22.2. The molecule has 3 aromatic heterocycles. The highest BCUT2D eigenvalue weighted by Gasteiger charge is 2.42. The molecule has 0 saturated heterocycles. The minimum atomic E-state index is -3.91. The smallest absolute Gasteiger partial charge is 0.274 e. The monoisotopic (exact) mass is 585 g/mol. The molecule has 4 aromatic rings. The van der Waals surface area contributed by atoms with Crippen LogP contribution in [0, 0.1) is 25.5 Å². The zero-order chi connectivity index (χ0) is 28.9. The predicted molar refractivity (Wildman–Crippen MR) is 150 cm³/mol. The first-order chi connectivity index (χ1) is 18.9. The fourth-order valence-corrected chi connectivity index (χ4v) is 6.07. The minimum absolute atomic E-state index is 0.0119. The molecule has 2 atom stereocenters. The van der Waals surface area contributed by atoms with Crippen molar-refractivity contribution in [3.8, 4) is 16.9 Å². The highest BCUT2D eigenvalue weighted by molar-refractivity contribution is 7.90. The van der Waals surface area contributed by atoms with E-state index in [1.165, 1.54) is 18.3 Å². The van der Waals surface area contributed by atoms with Crippen LogP contribution >= 0.6 is 11.6 Å². The summed E-state index contributed by atoms with van der Waals surface area (Å²) in [6.45, 7) is 3.81. The van der Waals surface area contributed by atoms with Crippen molar-refractivity contribution in [2.75, 3.05) is 13.3 Å². The number of sulfone groups is 1. The Morgan fingerprint density at radius 3 is 2.62 bits per heavy atom. The Kier molecular flexibility index (Phi) is 7.22. The van der Waals surface area contributed by atoms with Crippen LogP contribution < -0.4 is 5.56 Å². The maximum absolute atomic E-state index is 16.1. The average molecular weight is 586 g/mol. The summed E-state index contributed by atoms with van der Waals surface area (Å²) in [6.07, 6.45) is 8.47. The SMILES string of the molecule is CN=CCn1cc([C@H]2C[C@@H]2c2cc(C)n(-c3c(C)cnc(-c4cccc(S(C)(=O)=O)c4F)c3F)c(=O)c2Cl)cn1. The molecule has 40 heavy (non-hydrogen) atoms. The number of benzene rings is 1. The van der Waals surface area contributed by atoms with E-state index in [9.17, 15) is 13.2 Å². The van der Waals surface area contributed by atoms with Crippen molar-refractivity contribution in [1.29, 1.82) is 0 Å². The molecule has 1 fully saturated rings. The van der Waals surface area contributed by atoms with Crippen LogP contribution in [0.25, 0.3) is 16.9 Å². The Morgan fingerprint density at radius 1 is 1.18 bits per heavy atom. The van der Waals surface area contributed by atoms with E-state index in [-0.39, 0.29) is 28.1 Å². The van der Waals surface area contributed by atoms with Crippen LogP contribution in [-0.4, -0.2) is 47.3 Å². The van der Waals surface area contributed by atoms with Crippen molar-refractivity contribution in [3.05, 3.63) is 92.3 Å². The fraction of sp³-hybridized carbons (Fsp3) is 0.286. The second kappa shape index (κ2) is 10.4. The number of hydrogen-bond acceptors (Lipinski definition) is 6. The van der Waals surface area contributed by atoms with Crippen LogP contribution in [0.15, 0.2) is 57.5 Å². The molecule has 0 spiro atoms. The van der Waals surface area contributed by atoms with E-state index < -0.39 is 37.6 Å². The number of hydrogen-bond donors (Lipinski definition) is 0. The van der Waals surface area contributed by atoms with Gasteiger partial charge >= 0.3 is 0 Å². The van der Waals surface area contributed by atoms with Crippen molar-refractivity contribution in [2.45, 2.75) is 43.5 Å². The third-order valence-electron chi connectivity index (χ3n) is 7.10. The summed E-state index contributed by atoms with van der Waals surface area (Å²) in [4.78, 5) is 21.0. The van der Waals surface area contributed by atoms with Gasteiger partial charge < -0.3 is 0 Å². The molecule has 12 heteroatoms. The van der Waals surface area contributed by atoms with Crippen molar-refractivity contribution in [1.82, 2.24) is 19.3 Å². The largest absolute Gasteiger partial charge is 0.299 e. The lowest BCUT2D eigenvalue weighted by Gasteiger charge is -2.18. The summed E-state index contributed by atoms with van der Waals surface area (Å²) in [7, 11) is -2.21. The van der Waals surface area contributed by atoms with E-state index >= 15 is 8.78 Å². The number of rotatable bonds is 7. The number of aliphatic imine (C=N–C) groups is 1. The molecule has 8 nitrogen and oxygen atoms in total. The van der Waals surface area contributed by atoms with Gasteiger partial charge in [-0.05, 0) is 67.0 Å². The van der Waals surface area contributed by atoms with Crippen LogP contribution in [0.5, 0.6) is 0 Å². The van der Waals surface area contributed by atoms with Gasteiger partial charge in [-0.3, -0.25) is 24.0 Å². The van der Waals surface area contributed by atoms with Gasteiger partial charge in [-0.25, -0.2) is 17.2 Å². The maximum atomic E-state index is 16.1. The van der Waals surface area contributed by atoms with Gasteiger partial charge in [0.25, 0.3) is 5.56 Å². The summed E-state index contributed by atoms with van der Waals surface area (Å²) < 4.78 is 58.2.